The minimum atomic E-state index is -3.67. The van der Waals surface area contributed by atoms with E-state index < -0.39 is 30.9 Å². The highest BCUT2D eigenvalue weighted by molar-refractivity contribution is 7.90. The summed E-state index contributed by atoms with van der Waals surface area (Å²) in [6.45, 7) is 1.77. The number of sulfone groups is 1. The predicted octanol–water partition coefficient (Wildman–Crippen LogP) is 3.74. The number of hydrogen-bond donors (Lipinski definition) is 0. The molecule has 0 amide bonds. The number of nitrogens with zero attached hydrogens (tertiary/aromatic N) is 3. The zero-order valence-corrected chi connectivity index (χ0v) is 19.9. The van der Waals surface area contributed by atoms with Crippen LogP contribution in [0.1, 0.15) is 36.1 Å². The van der Waals surface area contributed by atoms with Crippen LogP contribution in [0.25, 0.3) is 11.1 Å². The Hall–Kier alpha value is -2.69. The first-order valence-electron chi connectivity index (χ1n) is 10.4. The fourth-order valence-corrected chi connectivity index (χ4v) is 6.71. The van der Waals surface area contributed by atoms with E-state index in [-0.39, 0.29) is 23.3 Å². The van der Waals surface area contributed by atoms with E-state index in [4.69, 9.17) is 0 Å². The summed E-state index contributed by atoms with van der Waals surface area (Å²) in [7, 11) is -7.21. The first kappa shape index (κ1) is 23.5. The maximum absolute atomic E-state index is 15.0. The molecule has 1 aliphatic rings. The van der Waals surface area contributed by atoms with Crippen LogP contribution in [0, 0.1) is 5.82 Å². The van der Waals surface area contributed by atoms with Crippen LogP contribution in [-0.2, 0) is 26.4 Å². The fourth-order valence-electron chi connectivity index (χ4n) is 4.03. The van der Waals surface area contributed by atoms with Crippen LogP contribution in [0.5, 0.6) is 0 Å². The number of halogens is 1. The van der Waals surface area contributed by atoms with Crippen molar-refractivity contribution < 1.29 is 21.2 Å². The number of sulfonamides is 1. The highest BCUT2D eigenvalue weighted by atomic mass is 32.2. The Bertz CT molecular complexity index is 1360. The van der Waals surface area contributed by atoms with E-state index in [1.165, 1.54) is 22.8 Å². The fraction of sp³-hybridized carbons (Fsp3) is 0.304. The number of hydrogen-bond acceptors (Lipinski definition) is 6. The van der Waals surface area contributed by atoms with Gasteiger partial charge in [-0.1, -0.05) is 42.5 Å². The Kier molecular flexibility index (Phi) is 6.35. The summed E-state index contributed by atoms with van der Waals surface area (Å²) in [6, 6.07) is 13.3. The lowest BCUT2D eigenvalue weighted by Crippen LogP contribution is -2.44. The number of rotatable bonds is 5. The molecule has 1 unspecified atom stereocenters. The quantitative estimate of drug-likeness (QED) is 0.507. The van der Waals surface area contributed by atoms with Crippen LogP contribution < -0.4 is 0 Å². The maximum atomic E-state index is 15.0. The van der Waals surface area contributed by atoms with Crippen molar-refractivity contribution in [2.45, 2.75) is 42.8 Å². The second kappa shape index (κ2) is 8.92. The molecule has 0 bridgehead atoms. The molecule has 0 aliphatic carbocycles. The molecule has 174 valence electrons. The molecule has 1 fully saturated rings. The Balaban J connectivity index is 1.60. The van der Waals surface area contributed by atoms with Gasteiger partial charge in [0.1, 0.15) is 11.1 Å². The van der Waals surface area contributed by atoms with Gasteiger partial charge in [0.15, 0.2) is 0 Å². The molecule has 4 rings (SSSR count). The third kappa shape index (κ3) is 4.83. The van der Waals surface area contributed by atoms with Gasteiger partial charge >= 0.3 is 0 Å². The largest absolute Gasteiger partial charge is 0.246 e. The van der Waals surface area contributed by atoms with Gasteiger partial charge in [-0.05, 0) is 37.0 Å². The van der Waals surface area contributed by atoms with Crippen molar-refractivity contribution in [2.75, 3.05) is 6.26 Å². The third-order valence-electron chi connectivity index (χ3n) is 5.87. The lowest BCUT2D eigenvalue weighted by Gasteiger charge is -2.37. The van der Waals surface area contributed by atoms with Crippen LogP contribution in [-0.4, -0.2) is 43.4 Å². The molecular weight excluding hydrogens is 465 g/mol. The molecule has 3 aromatic rings. The Labute approximate surface area is 193 Å². The van der Waals surface area contributed by atoms with Gasteiger partial charge in [-0.15, -0.1) is 0 Å². The van der Waals surface area contributed by atoms with Gasteiger partial charge in [-0.25, -0.2) is 31.2 Å². The molecule has 0 saturated carbocycles. The molecular formula is C23H24FN3O4S2. The highest BCUT2D eigenvalue weighted by Crippen LogP contribution is 2.38. The van der Waals surface area contributed by atoms with Crippen LogP contribution in [0.15, 0.2) is 66.1 Å². The first-order valence-corrected chi connectivity index (χ1v) is 13.8. The molecule has 0 spiro atoms. The summed E-state index contributed by atoms with van der Waals surface area (Å²) >= 11 is 0. The topological polar surface area (TPSA) is 97.3 Å². The molecule has 1 aromatic heterocycles. The number of benzene rings is 2. The van der Waals surface area contributed by atoms with Gasteiger partial charge < -0.3 is 0 Å². The van der Waals surface area contributed by atoms with E-state index in [0.29, 0.717) is 24.0 Å². The van der Waals surface area contributed by atoms with Gasteiger partial charge in [0.2, 0.25) is 25.0 Å². The second-order valence-electron chi connectivity index (χ2n) is 8.25. The van der Waals surface area contributed by atoms with Crippen molar-refractivity contribution in [3.8, 4) is 11.1 Å². The average molecular weight is 490 g/mol. The van der Waals surface area contributed by atoms with Gasteiger partial charge in [0.05, 0.1) is 0 Å². The minimum absolute atomic E-state index is 0.0670. The van der Waals surface area contributed by atoms with Crippen LogP contribution >= 0.6 is 0 Å². The van der Waals surface area contributed by atoms with Crippen LogP contribution in [0.4, 0.5) is 4.39 Å². The van der Waals surface area contributed by atoms with E-state index in [1.807, 2.05) is 37.3 Å². The molecule has 1 saturated heterocycles. The van der Waals surface area contributed by atoms with E-state index in [9.17, 15) is 16.8 Å². The van der Waals surface area contributed by atoms with Gasteiger partial charge in [0.25, 0.3) is 0 Å². The van der Waals surface area contributed by atoms with E-state index in [2.05, 4.69) is 9.97 Å². The van der Waals surface area contributed by atoms with Crippen molar-refractivity contribution in [3.05, 3.63) is 77.9 Å². The second-order valence-corrected chi connectivity index (χ2v) is 12.2. The lowest BCUT2D eigenvalue weighted by molar-refractivity contribution is 0.279. The van der Waals surface area contributed by atoms with Crippen molar-refractivity contribution in [1.29, 1.82) is 0 Å². The number of aromatic nitrogens is 2. The molecule has 33 heavy (non-hydrogen) atoms. The SMILES string of the molecule is C[C@H]1CCC(c2ccccc2)S(=O)(=O)N1Cc1ccc(-c2cnc(S(C)(=O)=O)nc2)cc1F. The van der Waals surface area contributed by atoms with Gasteiger partial charge in [0, 0.05) is 42.4 Å². The minimum Gasteiger partial charge on any atom is -0.226 e. The molecule has 2 atom stereocenters. The zero-order valence-electron chi connectivity index (χ0n) is 18.2. The summed E-state index contributed by atoms with van der Waals surface area (Å²) in [6.07, 6.45) is 4.85. The van der Waals surface area contributed by atoms with Crippen LogP contribution in [0.2, 0.25) is 0 Å². The Morgan fingerprint density at radius 3 is 2.30 bits per heavy atom. The highest BCUT2D eigenvalue weighted by Gasteiger charge is 2.40. The van der Waals surface area contributed by atoms with Crippen molar-refractivity contribution in [2.24, 2.45) is 0 Å². The Morgan fingerprint density at radius 1 is 1.03 bits per heavy atom. The van der Waals surface area contributed by atoms with Gasteiger partial charge in [-0.2, -0.15) is 4.31 Å². The predicted molar refractivity (Wildman–Crippen MR) is 123 cm³/mol. The smallest absolute Gasteiger partial charge is 0.226 e. The summed E-state index contributed by atoms with van der Waals surface area (Å²) in [4.78, 5) is 7.66. The summed E-state index contributed by atoms with van der Waals surface area (Å²) in [5, 5.41) is -0.955. The zero-order chi connectivity index (χ0) is 23.8. The molecule has 0 radical (unpaired) electrons. The summed E-state index contributed by atoms with van der Waals surface area (Å²) < 4.78 is 66.2. The molecule has 0 N–H and O–H groups in total. The van der Waals surface area contributed by atoms with E-state index >= 15 is 4.39 Å². The first-order chi connectivity index (χ1) is 15.6. The third-order valence-corrected chi connectivity index (χ3v) is 9.11. The molecule has 2 heterocycles. The lowest BCUT2D eigenvalue weighted by atomic mass is 10.0. The summed E-state index contributed by atoms with van der Waals surface area (Å²) in [5.74, 6) is -0.552. The standard InChI is InChI=1S/C23H24FN3O4S2/c1-16-8-11-22(17-6-4-3-5-7-17)33(30,31)27(16)15-19-10-9-18(12-21(19)24)20-13-25-23(26-14-20)32(2,28)29/h3-7,9-10,12-14,16,22H,8,11,15H2,1-2H3/t16-,22?/m0/s1. The molecule has 7 nitrogen and oxygen atoms in total. The van der Waals surface area contributed by atoms with Crippen molar-refractivity contribution in [1.82, 2.24) is 14.3 Å². The van der Waals surface area contributed by atoms with E-state index in [0.717, 1.165) is 11.8 Å². The van der Waals surface area contributed by atoms with Crippen molar-refractivity contribution in [3.63, 3.8) is 0 Å². The molecule has 10 heteroatoms. The maximum Gasteiger partial charge on any atom is 0.246 e. The van der Waals surface area contributed by atoms with Gasteiger partial charge in [-0.3, -0.25) is 0 Å². The molecule has 2 aromatic carbocycles. The van der Waals surface area contributed by atoms with Crippen molar-refractivity contribution >= 4 is 19.9 Å². The summed E-state index contributed by atoms with van der Waals surface area (Å²) in [5.41, 5.74) is 1.92. The average Bonchev–Trinajstić information content (AvgIpc) is 2.77. The van der Waals surface area contributed by atoms with E-state index in [1.54, 1.807) is 12.1 Å². The normalized spacial score (nSPS) is 21.1. The monoisotopic (exact) mass is 489 g/mol. The van der Waals surface area contributed by atoms with Crippen LogP contribution in [0.3, 0.4) is 0 Å². The molecule has 1 aliphatic heterocycles. The Morgan fingerprint density at radius 2 is 1.70 bits per heavy atom.